The van der Waals surface area contributed by atoms with Crippen LogP contribution >= 0.6 is 23.2 Å². The van der Waals surface area contributed by atoms with Gasteiger partial charge < -0.3 is 23.7 Å². The van der Waals surface area contributed by atoms with Crippen LogP contribution in [0.5, 0.6) is 28.7 Å². The van der Waals surface area contributed by atoms with Crippen molar-refractivity contribution in [1.82, 2.24) is 0 Å². The number of carbonyl (C=O) groups is 1. The summed E-state index contributed by atoms with van der Waals surface area (Å²) in [5.74, 6) is 2.32. The van der Waals surface area contributed by atoms with Crippen molar-refractivity contribution in [3.8, 4) is 28.7 Å². The monoisotopic (exact) mass is 486 g/mol. The molecule has 1 aliphatic rings. The lowest BCUT2D eigenvalue weighted by Gasteiger charge is -2.13. The Kier molecular flexibility index (Phi) is 6.67. The summed E-state index contributed by atoms with van der Waals surface area (Å²) < 4.78 is 27.7. The Morgan fingerprint density at radius 1 is 0.909 bits per heavy atom. The van der Waals surface area contributed by atoms with Gasteiger partial charge in [-0.3, -0.25) is 4.79 Å². The third-order valence-electron chi connectivity index (χ3n) is 5.04. The van der Waals surface area contributed by atoms with E-state index in [-0.39, 0.29) is 18.1 Å². The normalized spacial score (nSPS) is 13.5. The van der Waals surface area contributed by atoms with Gasteiger partial charge in [0.1, 0.15) is 18.1 Å². The molecule has 0 amide bonds. The van der Waals surface area contributed by atoms with Crippen molar-refractivity contribution in [3.63, 3.8) is 0 Å². The molecule has 0 saturated carbocycles. The maximum absolute atomic E-state index is 12.8. The zero-order valence-electron chi connectivity index (χ0n) is 18.1. The van der Waals surface area contributed by atoms with Crippen LogP contribution in [0.2, 0.25) is 10.0 Å². The minimum absolute atomic E-state index is 0.178. The number of ketones is 1. The van der Waals surface area contributed by atoms with E-state index in [0.29, 0.717) is 49.9 Å². The lowest BCUT2D eigenvalue weighted by molar-refractivity contribution is 0.101. The highest BCUT2D eigenvalue weighted by molar-refractivity contribution is 6.35. The zero-order chi connectivity index (χ0) is 23.5. The number of allylic oxidation sites excluding steroid dienone is 1. The van der Waals surface area contributed by atoms with Gasteiger partial charge in [0.2, 0.25) is 11.5 Å². The number of methoxy groups -OCH3 is 3. The Bertz CT molecular complexity index is 1230. The molecule has 0 bridgehead atoms. The first kappa shape index (κ1) is 22.8. The van der Waals surface area contributed by atoms with Crippen LogP contribution in [0.1, 0.15) is 21.5 Å². The second-order valence-electron chi connectivity index (χ2n) is 7.08. The van der Waals surface area contributed by atoms with Gasteiger partial charge in [0, 0.05) is 21.7 Å². The second kappa shape index (κ2) is 9.65. The van der Waals surface area contributed by atoms with E-state index in [1.165, 1.54) is 21.3 Å². The molecule has 3 aromatic carbocycles. The van der Waals surface area contributed by atoms with Crippen molar-refractivity contribution in [2.75, 3.05) is 21.3 Å². The molecular formula is C25H20Cl2O6. The van der Waals surface area contributed by atoms with Gasteiger partial charge >= 0.3 is 0 Å². The molecule has 1 aliphatic heterocycles. The van der Waals surface area contributed by atoms with Gasteiger partial charge in [-0.1, -0.05) is 29.3 Å². The molecule has 0 fully saturated rings. The predicted octanol–water partition coefficient (Wildman–Crippen LogP) is 6.21. The Balaban J connectivity index is 1.56. The molecule has 4 rings (SSSR count). The first-order chi connectivity index (χ1) is 15.9. The molecule has 0 aliphatic carbocycles. The molecule has 0 saturated heterocycles. The van der Waals surface area contributed by atoms with Crippen molar-refractivity contribution in [2.24, 2.45) is 0 Å². The van der Waals surface area contributed by atoms with Crippen LogP contribution in [-0.4, -0.2) is 27.1 Å². The van der Waals surface area contributed by atoms with E-state index in [1.54, 1.807) is 54.6 Å². The maximum Gasteiger partial charge on any atom is 0.231 e. The fourth-order valence-corrected chi connectivity index (χ4v) is 3.86. The van der Waals surface area contributed by atoms with Gasteiger partial charge in [-0.25, -0.2) is 0 Å². The standard InChI is InChI=1S/C25H20Cl2O6/c1-29-22-9-14(10-23(30-2)25(22)31-3)8-21-24(28)18-7-6-17(12-20(18)33-21)32-13-15-4-5-16(26)11-19(15)27/h4-12H,13H2,1-3H3/b21-8-. The number of hydrogen-bond acceptors (Lipinski definition) is 6. The average Bonchev–Trinajstić information content (AvgIpc) is 3.12. The summed E-state index contributed by atoms with van der Waals surface area (Å²) in [6.45, 7) is 0.247. The molecule has 33 heavy (non-hydrogen) atoms. The van der Waals surface area contributed by atoms with E-state index in [4.69, 9.17) is 46.9 Å². The fourth-order valence-electron chi connectivity index (χ4n) is 3.39. The first-order valence-electron chi connectivity index (χ1n) is 9.88. The van der Waals surface area contributed by atoms with Crippen molar-refractivity contribution >= 4 is 35.1 Å². The fraction of sp³-hybridized carbons (Fsp3) is 0.160. The zero-order valence-corrected chi connectivity index (χ0v) is 19.6. The van der Waals surface area contributed by atoms with E-state index < -0.39 is 0 Å². The van der Waals surface area contributed by atoms with E-state index in [1.807, 2.05) is 0 Å². The number of rotatable bonds is 7. The minimum Gasteiger partial charge on any atom is -0.493 e. The van der Waals surface area contributed by atoms with E-state index in [2.05, 4.69) is 0 Å². The summed E-state index contributed by atoms with van der Waals surface area (Å²) in [4.78, 5) is 12.8. The maximum atomic E-state index is 12.8. The summed E-state index contributed by atoms with van der Waals surface area (Å²) >= 11 is 12.1. The van der Waals surface area contributed by atoms with Crippen LogP contribution in [0.3, 0.4) is 0 Å². The number of carbonyl (C=O) groups excluding carboxylic acids is 1. The Morgan fingerprint density at radius 2 is 1.64 bits per heavy atom. The molecule has 8 heteroatoms. The topological polar surface area (TPSA) is 63.2 Å². The first-order valence-corrected chi connectivity index (χ1v) is 10.6. The quantitative estimate of drug-likeness (QED) is 0.369. The highest BCUT2D eigenvalue weighted by Crippen LogP contribution is 2.40. The summed E-state index contributed by atoms with van der Waals surface area (Å²) in [5, 5.41) is 1.07. The third kappa shape index (κ3) is 4.72. The SMILES string of the molecule is COc1cc(/C=C2\Oc3cc(OCc4ccc(Cl)cc4Cl)ccc3C2=O)cc(OC)c1OC. The van der Waals surface area contributed by atoms with Crippen molar-refractivity contribution in [2.45, 2.75) is 6.61 Å². The van der Waals surface area contributed by atoms with Gasteiger partial charge in [-0.15, -0.1) is 0 Å². The molecular weight excluding hydrogens is 467 g/mol. The van der Waals surface area contributed by atoms with Gasteiger partial charge in [0.25, 0.3) is 0 Å². The van der Waals surface area contributed by atoms with E-state index >= 15 is 0 Å². The lowest BCUT2D eigenvalue weighted by Crippen LogP contribution is -1.99. The number of hydrogen-bond donors (Lipinski definition) is 0. The highest BCUT2D eigenvalue weighted by atomic mass is 35.5. The molecule has 0 N–H and O–H groups in total. The summed E-state index contributed by atoms with van der Waals surface area (Å²) in [6, 6.07) is 13.7. The van der Waals surface area contributed by atoms with E-state index in [9.17, 15) is 4.79 Å². The van der Waals surface area contributed by atoms with Gasteiger partial charge in [0.15, 0.2) is 17.3 Å². The molecule has 1 heterocycles. The number of halogens is 2. The van der Waals surface area contributed by atoms with Crippen molar-refractivity contribution in [1.29, 1.82) is 0 Å². The smallest absolute Gasteiger partial charge is 0.231 e. The van der Waals surface area contributed by atoms with Crippen molar-refractivity contribution < 1.29 is 28.5 Å². The molecule has 6 nitrogen and oxygen atoms in total. The Hall–Kier alpha value is -3.35. The Labute approximate surface area is 201 Å². The minimum atomic E-state index is -0.231. The van der Waals surface area contributed by atoms with Crippen molar-refractivity contribution in [3.05, 3.63) is 81.0 Å². The average molecular weight is 487 g/mol. The predicted molar refractivity (Wildman–Crippen MR) is 126 cm³/mol. The summed E-state index contributed by atoms with van der Waals surface area (Å²) in [7, 11) is 4.58. The lowest BCUT2D eigenvalue weighted by atomic mass is 10.1. The molecule has 0 aromatic heterocycles. The molecule has 0 unspecified atom stereocenters. The number of benzene rings is 3. The van der Waals surface area contributed by atoms with Gasteiger partial charge in [-0.05, 0) is 48.0 Å². The number of Topliss-reactive ketones (excluding diaryl/α,β-unsaturated/α-hetero) is 1. The molecule has 0 radical (unpaired) electrons. The molecule has 0 atom stereocenters. The molecule has 170 valence electrons. The molecule has 0 spiro atoms. The third-order valence-corrected chi connectivity index (χ3v) is 5.62. The largest absolute Gasteiger partial charge is 0.493 e. The highest BCUT2D eigenvalue weighted by Gasteiger charge is 2.28. The molecule has 3 aromatic rings. The van der Waals surface area contributed by atoms with Crippen LogP contribution in [0.25, 0.3) is 6.08 Å². The van der Waals surface area contributed by atoms with Crippen LogP contribution in [0, 0.1) is 0 Å². The van der Waals surface area contributed by atoms with Gasteiger partial charge in [0.05, 0.1) is 26.9 Å². The van der Waals surface area contributed by atoms with E-state index in [0.717, 1.165) is 5.56 Å². The number of fused-ring (bicyclic) bond motifs is 1. The van der Waals surface area contributed by atoms with Crippen LogP contribution < -0.4 is 23.7 Å². The van der Waals surface area contributed by atoms with Crippen LogP contribution in [0.15, 0.2) is 54.3 Å². The second-order valence-corrected chi connectivity index (χ2v) is 7.92. The van der Waals surface area contributed by atoms with Crippen LogP contribution in [0.4, 0.5) is 0 Å². The van der Waals surface area contributed by atoms with Crippen LogP contribution in [-0.2, 0) is 6.61 Å². The summed E-state index contributed by atoms with van der Waals surface area (Å²) in [5.41, 5.74) is 1.90. The Morgan fingerprint density at radius 3 is 2.27 bits per heavy atom. The number of ether oxygens (including phenoxy) is 5. The summed E-state index contributed by atoms with van der Waals surface area (Å²) in [6.07, 6.45) is 1.63. The van der Waals surface area contributed by atoms with Gasteiger partial charge in [-0.2, -0.15) is 0 Å².